The fourth-order valence-electron chi connectivity index (χ4n) is 2.37. The van der Waals surface area contributed by atoms with Crippen molar-refractivity contribution in [3.8, 4) is 0 Å². The van der Waals surface area contributed by atoms with Crippen molar-refractivity contribution in [3.63, 3.8) is 0 Å². The van der Waals surface area contributed by atoms with Crippen LogP contribution in [0.2, 0.25) is 0 Å². The number of amides is 3. The Morgan fingerprint density at radius 2 is 1.91 bits per heavy atom. The van der Waals surface area contributed by atoms with Crippen molar-refractivity contribution in [3.05, 3.63) is 34.9 Å². The molecule has 3 amide bonds. The van der Waals surface area contributed by atoms with Crippen LogP contribution in [0.15, 0.2) is 18.2 Å². The highest BCUT2D eigenvalue weighted by molar-refractivity contribution is 6.22. The van der Waals surface area contributed by atoms with Gasteiger partial charge in [0.2, 0.25) is 5.91 Å². The summed E-state index contributed by atoms with van der Waals surface area (Å²) in [5, 5.41) is 2.70. The van der Waals surface area contributed by atoms with E-state index in [1.807, 2.05) is 20.8 Å². The van der Waals surface area contributed by atoms with Gasteiger partial charge in [-0.2, -0.15) is 0 Å². The molecule has 0 fully saturated rings. The second-order valence-electron chi connectivity index (χ2n) is 5.87. The van der Waals surface area contributed by atoms with Gasteiger partial charge in [-0.3, -0.25) is 19.3 Å². The molecular formula is C17H22N2O4. The maximum absolute atomic E-state index is 12.3. The van der Waals surface area contributed by atoms with Crippen molar-refractivity contribution in [1.82, 2.24) is 10.2 Å². The van der Waals surface area contributed by atoms with Crippen molar-refractivity contribution in [2.75, 3.05) is 19.7 Å². The molecule has 1 N–H and O–H groups in total. The Bertz CT molecular complexity index is 625. The van der Waals surface area contributed by atoms with Crippen LogP contribution in [0.25, 0.3) is 0 Å². The number of hydrogen-bond donors (Lipinski definition) is 1. The zero-order valence-corrected chi connectivity index (χ0v) is 13.7. The molecule has 0 aliphatic carbocycles. The van der Waals surface area contributed by atoms with E-state index in [1.54, 1.807) is 18.2 Å². The largest absolute Gasteiger partial charge is 0.379 e. The number of rotatable bonds is 7. The van der Waals surface area contributed by atoms with Gasteiger partial charge in [0.1, 0.15) is 6.54 Å². The van der Waals surface area contributed by atoms with Gasteiger partial charge in [-0.1, -0.05) is 11.6 Å². The quantitative estimate of drug-likeness (QED) is 0.611. The first-order valence-electron chi connectivity index (χ1n) is 7.75. The zero-order chi connectivity index (χ0) is 17.0. The zero-order valence-electron chi connectivity index (χ0n) is 13.7. The van der Waals surface area contributed by atoms with Gasteiger partial charge in [0.25, 0.3) is 11.8 Å². The van der Waals surface area contributed by atoms with Gasteiger partial charge >= 0.3 is 0 Å². The summed E-state index contributed by atoms with van der Waals surface area (Å²) in [5.74, 6) is -1.17. The summed E-state index contributed by atoms with van der Waals surface area (Å²) in [7, 11) is 0. The summed E-state index contributed by atoms with van der Waals surface area (Å²) >= 11 is 0. The van der Waals surface area contributed by atoms with Gasteiger partial charge in [0.15, 0.2) is 0 Å². The lowest BCUT2D eigenvalue weighted by atomic mass is 10.1. The molecule has 1 aromatic rings. The highest BCUT2D eigenvalue weighted by Crippen LogP contribution is 2.23. The summed E-state index contributed by atoms with van der Waals surface area (Å²) in [5.41, 5.74) is 1.63. The van der Waals surface area contributed by atoms with Gasteiger partial charge in [-0.25, -0.2) is 0 Å². The van der Waals surface area contributed by atoms with Gasteiger partial charge in [0, 0.05) is 13.2 Å². The molecule has 0 bridgehead atoms. The normalized spacial score (nSPS) is 13.7. The van der Waals surface area contributed by atoms with Crippen LogP contribution in [0.1, 0.15) is 46.5 Å². The van der Waals surface area contributed by atoms with Crippen LogP contribution in [0.5, 0.6) is 0 Å². The summed E-state index contributed by atoms with van der Waals surface area (Å²) in [6.07, 6.45) is 0.845. The number of imide groups is 1. The third-order valence-corrected chi connectivity index (χ3v) is 3.52. The average molecular weight is 318 g/mol. The van der Waals surface area contributed by atoms with Crippen LogP contribution < -0.4 is 5.32 Å². The Hall–Kier alpha value is -2.21. The molecule has 1 aliphatic rings. The van der Waals surface area contributed by atoms with E-state index < -0.39 is 11.8 Å². The molecule has 1 aliphatic heterocycles. The number of aryl methyl sites for hydroxylation is 1. The SMILES string of the molecule is Cc1ccc2c(c1)C(=O)N(CC(=O)NCCCOC(C)C)C2=O. The molecule has 0 radical (unpaired) electrons. The molecule has 2 rings (SSSR count). The van der Waals surface area contributed by atoms with E-state index in [9.17, 15) is 14.4 Å². The van der Waals surface area contributed by atoms with Crippen LogP contribution in [0.4, 0.5) is 0 Å². The van der Waals surface area contributed by atoms with Crippen LogP contribution in [0, 0.1) is 6.92 Å². The van der Waals surface area contributed by atoms with Crippen LogP contribution in [-0.2, 0) is 9.53 Å². The number of hydrogen-bond acceptors (Lipinski definition) is 4. The van der Waals surface area contributed by atoms with E-state index in [-0.39, 0.29) is 18.6 Å². The number of fused-ring (bicyclic) bond motifs is 1. The molecule has 0 spiro atoms. The number of ether oxygens (including phenoxy) is 1. The van der Waals surface area contributed by atoms with Crippen molar-refractivity contribution in [1.29, 1.82) is 0 Å². The molecule has 0 aromatic heterocycles. The molecule has 0 atom stereocenters. The van der Waals surface area contributed by atoms with E-state index in [0.29, 0.717) is 30.7 Å². The van der Waals surface area contributed by atoms with Crippen molar-refractivity contribution >= 4 is 17.7 Å². The smallest absolute Gasteiger partial charge is 0.262 e. The van der Waals surface area contributed by atoms with E-state index in [1.165, 1.54) is 0 Å². The maximum Gasteiger partial charge on any atom is 0.262 e. The highest BCUT2D eigenvalue weighted by atomic mass is 16.5. The number of nitrogens with zero attached hydrogens (tertiary/aromatic N) is 1. The van der Waals surface area contributed by atoms with E-state index in [2.05, 4.69) is 5.32 Å². The number of nitrogens with one attached hydrogen (secondary N) is 1. The van der Waals surface area contributed by atoms with Crippen molar-refractivity contribution in [2.45, 2.75) is 33.3 Å². The number of carbonyl (C=O) groups excluding carboxylic acids is 3. The Morgan fingerprint density at radius 1 is 1.22 bits per heavy atom. The molecule has 0 unspecified atom stereocenters. The van der Waals surface area contributed by atoms with E-state index in [0.717, 1.165) is 10.5 Å². The molecule has 6 nitrogen and oxygen atoms in total. The molecule has 1 heterocycles. The Balaban J connectivity index is 1.85. The topological polar surface area (TPSA) is 75.7 Å². The van der Waals surface area contributed by atoms with Crippen LogP contribution >= 0.6 is 0 Å². The lowest BCUT2D eigenvalue weighted by Crippen LogP contribution is -2.40. The fraction of sp³-hybridized carbons (Fsp3) is 0.471. The van der Waals surface area contributed by atoms with Crippen LogP contribution in [-0.4, -0.2) is 48.4 Å². The highest BCUT2D eigenvalue weighted by Gasteiger charge is 2.36. The Kier molecular flexibility index (Phi) is 5.50. The van der Waals surface area contributed by atoms with Gasteiger partial charge in [-0.05, 0) is 39.3 Å². The minimum atomic E-state index is -0.414. The summed E-state index contributed by atoms with van der Waals surface area (Å²) < 4.78 is 5.37. The second kappa shape index (κ2) is 7.37. The second-order valence-corrected chi connectivity index (χ2v) is 5.87. The summed E-state index contributed by atoms with van der Waals surface area (Å²) in [4.78, 5) is 37.4. The fourth-order valence-corrected chi connectivity index (χ4v) is 2.37. The summed E-state index contributed by atoms with van der Waals surface area (Å²) in [6, 6.07) is 5.09. The van der Waals surface area contributed by atoms with Crippen molar-refractivity contribution in [2.24, 2.45) is 0 Å². The molecule has 6 heteroatoms. The van der Waals surface area contributed by atoms with Crippen LogP contribution in [0.3, 0.4) is 0 Å². The molecular weight excluding hydrogens is 296 g/mol. The van der Waals surface area contributed by atoms with E-state index in [4.69, 9.17) is 4.74 Å². The standard InChI is InChI=1S/C17H22N2O4/c1-11(2)23-8-4-7-18-15(20)10-19-16(21)13-6-5-12(3)9-14(13)17(19)22/h5-6,9,11H,4,7-8,10H2,1-3H3,(H,18,20). The number of benzene rings is 1. The lowest BCUT2D eigenvalue weighted by Gasteiger charge is -2.13. The predicted molar refractivity (Wildman–Crippen MR) is 85.3 cm³/mol. The van der Waals surface area contributed by atoms with Gasteiger partial charge < -0.3 is 10.1 Å². The lowest BCUT2D eigenvalue weighted by molar-refractivity contribution is -0.121. The Labute approximate surface area is 135 Å². The monoisotopic (exact) mass is 318 g/mol. The predicted octanol–water partition coefficient (Wildman–Crippen LogP) is 1.52. The first-order valence-corrected chi connectivity index (χ1v) is 7.75. The average Bonchev–Trinajstić information content (AvgIpc) is 2.71. The third kappa shape index (κ3) is 4.16. The molecule has 0 saturated heterocycles. The molecule has 0 saturated carbocycles. The Morgan fingerprint density at radius 3 is 2.61 bits per heavy atom. The first-order chi connectivity index (χ1) is 10.9. The maximum atomic E-state index is 12.3. The first kappa shape index (κ1) is 17.1. The number of carbonyl (C=O) groups is 3. The van der Waals surface area contributed by atoms with Gasteiger partial charge in [-0.15, -0.1) is 0 Å². The van der Waals surface area contributed by atoms with E-state index >= 15 is 0 Å². The summed E-state index contributed by atoms with van der Waals surface area (Å²) in [6.45, 7) is 6.51. The van der Waals surface area contributed by atoms with Gasteiger partial charge in [0.05, 0.1) is 17.2 Å². The third-order valence-electron chi connectivity index (χ3n) is 3.52. The van der Waals surface area contributed by atoms with Crippen molar-refractivity contribution < 1.29 is 19.1 Å². The minimum absolute atomic E-state index is 0.160. The molecule has 124 valence electrons. The minimum Gasteiger partial charge on any atom is -0.379 e. The molecule has 1 aromatic carbocycles. The molecule has 23 heavy (non-hydrogen) atoms.